The third-order valence-electron chi connectivity index (χ3n) is 6.77. The van der Waals surface area contributed by atoms with Crippen LogP contribution in [0.15, 0.2) is 97.2 Å². The van der Waals surface area contributed by atoms with Crippen LogP contribution in [-0.2, 0) is 11.3 Å². The Labute approximate surface area is 235 Å². The topological polar surface area (TPSA) is 139 Å². The van der Waals surface area contributed by atoms with Crippen LogP contribution in [0.2, 0.25) is 0 Å². The number of rotatable bonds is 10. The Bertz CT molecular complexity index is 1750. The molecule has 1 unspecified atom stereocenters. The SMILES string of the molecule is Cc1ccccc1-c1nc2c(C(=O)NC(CC(=O)O)c3cccc([N+](=O)[O-])c3)cccn2c1NCc1ccccc1. The number of pyridine rings is 1. The number of carbonyl (C=O) groups is 2. The molecule has 0 bridgehead atoms. The molecule has 0 fully saturated rings. The fourth-order valence-corrected chi connectivity index (χ4v) is 4.74. The highest BCUT2D eigenvalue weighted by atomic mass is 16.6. The summed E-state index contributed by atoms with van der Waals surface area (Å²) in [6.45, 7) is 2.51. The smallest absolute Gasteiger partial charge is 0.305 e. The first-order valence-electron chi connectivity index (χ1n) is 12.9. The molecule has 206 valence electrons. The van der Waals surface area contributed by atoms with Gasteiger partial charge in [0.05, 0.1) is 22.9 Å². The number of amides is 1. The molecule has 3 aromatic carbocycles. The highest BCUT2D eigenvalue weighted by Crippen LogP contribution is 2.33. The molecule has 0 spiro atoms. The molecule has 5 aromatic rings. The molecule has 2 aromatic heterocycles. The van der Waals surface area contributed by atoms with E-state index in [9.17, 15) is 24.8 Å². The summed E-state index contributed by atoms with van der Waals surface area (Å²) in [6.07, 6.45) is 1.35. The number of nitrogens with one attached hydrogen (secondary N) is 2. The van der Waals surface area contributed by atoms with Crippen molar-refractivity contribution in [1.82, 2.24) is 14.7 Å². The van der Waals surface area contributed by atoms with Crippen molar-refractivity contribution in [3.8, 4) is 11.3 Å². The van der Waals surface area contributed by atoms with E-state index in [-0.39, 0.29) is 11.3 Å². The number of non-ortho nitro benzene ring substituents is 1. The van der Waals surface area contributed by atoms with E-state index in [2.05, 4.69) is 10.6 Å². The van der Waals surface area contributed by atoms with Crippen LogP contribution in [0.5, 0.6) is 0 Å². The largest absolute Gasteiger partial charge is 0.481 e. The minimum atomic E-state index is -1.16. The van der Waals surface area contributed by atoms with Gasteiger partial charge in [0, 0.05) is 30.4 Å². The van der Waals surface area contributed by atoms with Gasteiger partial charge in [-0.3, -0.25) is 24.1 Å². The predicted molar refractivity (Wildman–Crippen MR) is 155 cm³/mol. The number of carboxylic acids is 1. The van der Waals surface area contributed by atoms with Crippen molar-refractivity contribution in [3.63, 3.8) is 0 Å². The second kappa shape index (κ2) is 11.7. The zero-order valence-electron chi connectivity index (χ0n) is 22.2. The van der Waals surface area contributed by atoms with Gasteiger partial charge in [-0.1, -0.05) is 66.7 Å². The Morgan fingerprint density at radius 3 is 2.49 bits per heavy atom. The molecule has 0 saturated carbocycles. The normalized spacial score (nSPS) is 11.6. The molecule has 0 aliphatic heterocycles. The number of nitro groups is 1. The van der Waals surface area contributed by atoms with Crippen LogP contribution in [0.25, 0.3) is 16.9 Å². The minimum Gasteiger partial charge on any atom is -0.481 e. The van der Waals surface area contributed by atoms with Crippen LogP contribution in [0.4, 0.5) is 11.5 Å². The highest BCUT2D eigenvalue weighted by Gasteiger charge is 2.24. The van der Waals surface area contributed by atoms with Gasteiger partial charge in [0.1, 0.15) is 11.5 Å². The van der Waals surface area contributed by atoms with E-state index in [1.807, 2.05) is 67.7 Å². The van der Waals surface area contributed by atoms with Gasteiger partial charge >= 0.3 is 5.97 Å². The van der Waals surface area contributed by atoms with Gasteiger partial charge in [-0.05, 0) is 35.7 Å². The number of nitro benzene ring substituents is 1. The van der Waals surface area contributed by atoms with Crippen LogP contribution in [0.1, 0.15) is 39.5 Å². The molecule has 0 radical (unpaired) electrons. The Morgan fingerprint density at radius 2 is 1.76 bits per heavy atom. The summed E-state index contributed by atoms with van der Waals surface area (Å²) in [5, 5.41) is 27.0. The van der Waals surface area contributed by atoms with Crippen LogP contribution in [0, 0.1) is 17.0 Å². The van der Waals surface area contributed by atoms with Crippen LogP contribution in [-0.4, -0.2) is 31.3 Å². The van der Waals surface area contributed by atoms with Crippen molar-refractivity contribution < 1.29 is 19.6 Å². The van der Waals surface area contributed by atoms with Crippen molar-refractivity contribution in [3.05, 3.63) is 130 Å². The molecular weight excluding hydrogens is 522 g/mol. The van der Waals surface area contributed by atoms with Gasteiger partial charge in [0.15, 0.2) is 5.65 Å². The number of aromatic nitrogens is 2. The third kappa shape index (κ3) is 5.91. The molecule has 1 atom stereocenters. The molecule has 1 amide bonds. The molecule has 41 heavy (non-hydrogen) atoms. The Balaban J connectivity index is 1.56. The second-order valence-corrected chi connectivity index (χ2v) is 9.55. The van der Waals surface area contributed by atoms with Crippen molar-refractivity contribution in [2.24, 2.45) is 0 Å². The van der Waals surface area contributed by atoms with Crippen molar-refractivity contribution in [2.75, 3.05) is 5.32 Å². The van der Waals surface area contributed by atoms with E-state index in [0.717, 1.165) is 16.7 Å². The van der Waals surface area contributed by atoms with E-state index in [1.165, 1.54) is 18.2 Å². The van der Waals surface area contributed by atoms with Crippen LogP contribution < -0.4 is 10.6 Å². The molecule has 10 heteroatoms. The second-order valence-electron chi connectivity index (χ2n) is 9.55. The Kier molecular flexibility index (Phi) is 7.73. The molecule has 5 rings (SSSR count). The Morgan fingerprint density at radius 1 is 1.00 bits per heavy atom. The fraction of sp³-hybridized carbons (Fsp3) is 0.129. The number of hydrogen-bond acceptors (Lipinski definition) is 6. The molecule has 0 saturated heterocycles. The number of hydrogen-bond donors (Lipinski definition) is 3. The van der Waals surface area contributed by atoms with Crippen LogP contribution in [0.3, 0.4) is 0 Å². The molecule has 10 nitrogen and oxygen atoms in total. The lowest BCUT2D eigenvalue weighted by Crippen LogP contribution is -2.30. The van der Waals surface area contributed by atoms with E-state index in [0.29, 0.717) is 29.3 Å². The number of carbonyl (C=O) groups excluding carboxylic acids is 1. The fourth-order valence-electron chi connectivity index (χ4n) is 4.74. The van der Waals surface area contributed by atoms with E-state index >= 15 is 0 Å². The zero-order valence-corrected chi connectivity index (χ0v) is 22.2. The van der Waals surface area contributed by atoms with Gasteiger partial charge in [-0.2, -0.15) is 0 Å². The standard InChI is InChI=1S/C31H27N5O5/c1-20-9-5-6-14-24(20)28-30(32-19-21-10-3-2-4-11-21)35-16-8-15-25(29(35)34-28)31(39)33-26(18-27(37)38)22-12-7-13-23(17-22)36(40)41/h2-17,26,32H,18-19H2,1H3,(H,33,39)(H,37,38). The molecule has 0 aliphatic carbocycles. The molecule has 0 aliphatic rings. The minimum absolute atomic E-state index is 0.195. The number of nitrogens with zero attached hydrogens (tertiary/aromatic N) is 3. The molecule has 3 N–H and O–H groups in total. The zero-order chi connectivity index (χ0) is 28.9. The average Bonchev–Trinajstić information content (AvgIpc) is 3.34. The first-order chi connectivity index (χ1) is 19.8. The van der Waals surface area contributed by atoms with Gasteiger partial charge in [0.25, 0.3) is 11.6 Å². The van der Waals surface area contributed by atoms with Crippen LogP contribution >= 0.6 is 0 Å². The van der Waals surface area contributed by atoms with E-state index in [4.69, 9.17) is 4.98 Å². The van der Waals surface area contributed by atoms with E-state index < -0.39 is 29.3 Å². The number of anilines is 1. The van der Waals surface area contributed by atoms with Crippen molar-refractivity contribution in [1.29, 1.82) is 0 Å². The summed E-state index contributed by atoms with van der Waals surface area (Å²) in [5.41, 5.74) is 4.38. The average molecular weight is 550 g/mol. The summed E-state index contributed by atoms with van der Waals surface area (Å²) in [4.78, 5) is 40.9. The number of aliphatic carboxylic acids is 1. The molecular formula is C31H27N5O5. The van der Waals surface area contributed by atoms with Gasteiger partial charge in [-0.25, -0.2) is 4.98 Å². The van der Waals surface area contributed by atoms with Crippen molar-refractivity contribution in [2.45, 2.75) is 25.9 Å². The maximum atomic E-state index is 13.6. The summed E-state index contributed by atoms with van der Waals surface area (Å²) in [6, 6.07) is 25.7. The summed E-state index contributed by atoms with van der Waals surface area (Å²) < 4.78 is 1.80. The maximum Gasteiger partial charge on any atom is 0.305 e. The summed E-state index contributed by atoms with van der Waals surface area (Å²) in [5.74, 6) is -1.01. The summed E-state index contributed by atoms with van der Waals surface area (Å²) >= 11 is 0. The Hall–Kier alpha value is -5.51. The quantitative estimate of drug-likeness (QED) is 0.148. The van der Waals surface area contributed by atoms with E-state index in [1.54, 1.807) is 22.6 Å². The lowest BCUT2D eigenvalue weighted by molar-refractivity contribution is -0.384. The summed E-state index contributed by atoms with van der Waals surface area (Å²) in [7, 11) is 0. The molecule has 2 heterocycles. The van der Waals surface area contributed by atoms with Gasteiger partial charge in [-0.15, -0.1) is 0 Å². The lowest BCUT2D eigenvalue weighted by Gasteiger charge is -2.18. The maximum absolute atomic E-state index is 13.6. The predicted octanol–water partition coefficient (Wildman–Crippen LogP) is 5.78. The van der Waals surface area contributed by atoms with Gasteiger partial charge < -0.3 is 15.7 Å². The first kappa shape index (κ1) is 27.1. The lowest BCUT2D eigenvalue weighted by atomic mass is 10.0. The number of fused-ring (bicyclic) bond motifs is 1. The number of benzene rings is 3. The monoisotopic (exact) mass is 549 g/mol. The highest BCUT2D eigenvalue weighted by molar-refractivity contribution is 6.01. The third-order valence-corrected chi connectivity index (χ3v) is 6.77. The number of carboxylic acid groups (broad SMARTS) is 1. The number of imidazole rings is 1. The number of aryl methyl sites for hydroxylation is 1. The van der Waals surface area contributed by atoms with Crippen molar-refractivity contribution >= 4 is 29.0 Å². The first-order valence-corrected chi connectivity index (χ1v) is 12.9. The van der Waals surface area contributed by atoms with Gasteiger partial charge in [0.2, 0.25) is 0 Å².